The van der Waals surface area contributed by atoms with Gasteiger partial charge >= 0.3 is 0 Å². The van der Waals surface area contributed by atoms with E-state index < -0.39 is 0 Å². The maximum atomic E-state index is 14.9. The third kappa shape index (κ3) is 4.65. The second-order valence-electron chi connectivity index (χ2n) is 8.37. The fraction of sp³-hybridized carbons (Fsp3) is 0.458. The summed E-state index contributed by atoms with van der Waals surface area (Å²) in [6.45, 7) is 7.09. The van der Waals surface area contributed by atoms with E-state index in [4.69, 9.17) is 4.74 Å². The number of likely N-dealkylation sites (tertiary alicyclic amines) is 1. The summed E-state index contributed by atoms with van der Waals surface area (Å²) in [4.78, 5) is 17.4. The van der Waals surface area contributed by atoms with Gasteiger partial charge in [-0.25, -0.2) is 4.39 Å². The molecule has 2 heterocycles. The van der Waals surface area contributed by atoms with Crippen LogP contribution in [0.25, 0.3) is 0 Å². The number of nitrogens with zero attached hydrogens (tertiary/aromatic N) is 2. The van der Waals surface area contributed by atoms with E-state index >= 15 is 0 Å². The lowest BCUT2D eigenvalue weighted by atomic mass is 10.0. The van der Waals surface area contributed by atoms with Crippen LogP contribution in [0.1, 0.15) is 38.3 Å². The molecular formula is C24H30FN3O2. The lowest BCUT2D eigenvalue weighted by Gasteiger charge is -2.37. The summed E-state index contributed by atoms with van der Waals surface area (Å²) < 4.78 is 20.7. The van der Waals surface area contributed by atoms with Crippen LogP contribution in [0.2, 0.25) is 0 Å². The number of amides is 1. The van der Waals surface area contributed by atoms with Gasteiger partial charge in [-0.05, 0) is 63.5 Å². The van der Waals surface area contributed by atoms with E-state index in [0.29, 0.717) is 24.5 Å². The third-order valence-electron chi connectivity index (χ3n) is 5.84. The normalized spacial score (nSPS) is 23.4. The topological polar surface area (TPSA) is 44.8 Å². The molecule has 160 valence electrons. The van der Waals surface area contributed by atoms with Crippen molar-refractivity contribution in [2.24, 2.45) is 0 Å². The molecule has 2 fully saturated rings. The molecule has 3 atom stereocenters. The van der Waals surface area contributed by atoms with Gasteiger partial charge in [-0.2, -0.15) is 0 Å². The number of anilines is 2. The zero-order chi connectivity index (χ0) is 21.1. The highest BCUT2D eigenvalue weighted by Gasteiger charge is 2.30. The van der Waals surface area contributed by atoms with Crippen molar-refractivity contribution in [2.45, 2.75) is 44.9 Å². The van der Waals surface area contributed by atoms with Crippen LogP contribution < -0.4 is 10.2 Å². The molecule has 0 aliphatic carbocycles. The van der Waals surface area contributed by atoms with Gasteiger partial charge in [0.05, 0.1) is 17.9 Å². The molecule has 2 aliphatic heterocycles. The maximum absolute atomic E-state index is 14.9. The third-order valence-corrected chi connectivity index (χ3v) is 5.84. The molecule has 5 nitrogen and oxygen atoms in total. The van der Waals surface area contributed by atoms with E-state index in [0.717, 1.165) is 31.5 Å². The largest absolute Gasteiger partial charge is 0.372 e. The first-order chi connectivity index (χ1) is 14.5. The summed E-state index contributed by atoms with van der Waals surface area (Å²) in [5, 5.41) is 2.94. The molecule has 0 saturated carbocycles. The SMILES string of the molecule is CC1CN(c2ccc(NC(=O)C(c3ccccc3)N3CCCC3)cc2F)CC(C)O1. The lowest BCUT2D eigenvalue weighted by molar-refractivity contribution is -0.121. The van der Waals surface area contributed by atoms with Gasteiger partial charge in [-0.15, -0.1) is 0 Å². The predicted molar refractivity (Wildman–Crippen MR) is 117 cm³/mol. The van der Waals surface area contributed by atoms with Gasteiger partial charge in [0.25, 0.3) is 0 Å². The molecule has 2 saturated heterocycles. The van der Waals surface area contributed by atoms with Crippen molar-refractivity contribution < 1.29 is 13.9 Å². The molecule has 30 heavy (non-hydrogen) atoms. The Morgan fingerprint density at radius 3 is 2.37 bits per heavy atom. The number of rotatable bonds is 5. The molecule has 2 aromatic carbocycles. The summed E-state index contributed by atoms with van der Waals surface area (Å²) in [5.74, 6) is -0.449. The van der Waals surface area contributed by atoms with Crippen LogP contribution in [0.15, 0.2) is 48.5 Å². The number of nitrogens with one attached hydrogen (secondary N) is 1. The molecule has 3 unspecified atom stereocenters. The van der Waals surface area contributed by atoms with Crippen molar-refractivity contribution in [3.63, 3.8) is 0 Å². The molecule has 0 radical (unpaired) electrons. The first kappa shape index (κ1) is 20.8. The predicted octanol–water partition coefficient (Wildman–Crippen LogP) is 4.21. The smallest absolute Gasteiger partial charge is 0.246 e. The van der Waals surface area contributed by atoms with Gasteiger partial charge < -0.3 is 15.0 Å². The molecule has 0 aromatic heterocycles. The second kappa shape index (κ2) is 9.14. The van der Waals surface area contributed by atoms with Crippen molar-refractivity contribution in [1.29, 1.82) is 0 Å². The molecule has 1 N–H and O–H groups in total. The fourth-order valence-electron chi connectivity index (χ4n) is 4.59. The number of hydrogen-bond acceptors (Lipinski definition) is 4. The zero-order valence-electron chi connectivity index (χ0n) is 17.7. The Morgan fingerprint density at radius 2 is 1.73 bits per heavy atom. The summed E-state index contributed by atoms with van der Waals surface area (Å²) in [5.41, 5.74) is 2.00. The van der Waals surface area contributed by atoms with Crippen LogP contribution >= 0.6 is 0 Å². The first-order valence-electron chi connectivity index (χ1n) is 10.8. The maximum Gasteiger partial charge on any atom is 0.246 e. The number of benzene rings is 2. The van der Waals surface area contributed by atoms with E-state index in [1.807, 2.05) is 49.1 Å². The first-order valence-corrected chi connectivity index (χ1v) is 10.8. The number of hydrogen-bond donors (Lipinski definition) is 1. The molecule has 0 spiro atoms. The number of carbonyl (C=O) groups excluding carboxylic acids is 1. The molecule has 1 amide bonds. The van der Waals surface area contributed by atoms with Gasteiger partial charge in [0.15, 0.2) is 0 Å². The van der Waals surface area contributed by atoms with E-state index in [1.165, 1.54) is 6.07 Å². The summed E-state index contributed by atoms with van der Waals surface area (Å²) in [6, 6.07) is 14.4. The van der Waals surface area contributed by atoms with Crippen LogP contribution in [0.3, 0.4) is 0 Å². The molecule has 2 aromatic rings. The highest BCUT2D eigenvalue weighted by Crippen LogP contribution is 2.29. The number of halogens is 1. The van der Waals surface area contributed by atoms with Gasteiger partial charge in [0.2, 0.25) is 5.91 Å². The summed E-state index contributed by atoms with van der Waals surface area (Å²) in [7, 11) is 0. The van der Waals surface area contributed by atoms with Gasteiger partial charge in [0, 0.05) is 18.8 Å². The second-order valence-corrected chi connectivity index (χ2v) is 8.37. The summed E-state index contributed by atoms with van der Waals surface area (Å²) in [6.07, 6.45) is 2.30. The number of morpholine rings is 1. The standard InChI is InChI=1S/C24H30FN3O2/c1-17-15-28(16-18(2)30-17)22-11-10-20(14-21(22)25)26-24(29)23(27-12-6-7-13-27)19-8-4-3-5-9-19/h3-5,8-11,14,17-18,23H,6-7,12-13,15-16H2,1-2H3,(H,26,29). The Kier molecular flexibility index (Phi) is 6.35. The number of carbonyl (C=O) groups is 1. The molecule has 0 bridgehead atoms. The van der Waals surface area contributed by atoms with Crippen LogP contribution in [0.5, 0.6) is 0 Å². The fourth-order valence-corrected chi connectivity index (χ4v) is 4.59. The van der Waals surface area contributed by atoms with E-state index in [2.05, 4.69) is 10.2 Å². The Hall–Kier alpha value is -2.44. The minimum Gasteiger partial charge on any atom is -0.372 e. The van der Waals surface area contributed by atoms with E-state index in [1.54, 1.807) is 12.1 Å². The highest BCUT2D eigenvalue weighted by atomic mass is 19.1. The zero-order valence-corrected chi connectivity index (χ0v) is 17.7. The van der Waals surface area contributed by atoms with Crippen molar-refractivity contribution in [2.75, 3.05) is 36.4 Å². The summed E-state index contributed by atoms with van der Waals surface area (Å²) >= 11 is 0. The minimum absolute atomic E-state index is 0.0552. The van der Waals surface area contributed by atoms with Crippen LogP contribution in [0.4, 0.5) is 15.8 Å². The van der Waals surface area contributed by atoms with Crippen LogP contribution in [0, 0.1) is 5.82 Å². The minimum atomic E-state index is -0.364. The lowest BCUT2D eigenvalue weighted by Crippen LogP contribution is -2.45. The van der Waals surface area contributed by atoms with Crippen molar-refractivity contribution in [1.82, 2.24) is 4.90 Å². The van der Waals surface area contributed by atoms with Gasteiger partial charge in [0.1, 0.15) is 11.9 Å². The molecule has 6 heteroatoms. The van der Waals surface area contributed by atoms with Crippen molar-refractivity contribution in [3.8, 4) is 0 Å². The highest BCUT2D eigenvalue weighted by molar-refractivity contribution is 5.95. The van der Waals surface area contributed by atoms with Crippen LogP contribution in [-0.4, -0.2) is 49.2 Å². The average molecular weight is 412 g/mol. The molecule has 4 rings (SSSR count). The van der Waals surface area contributed by atoms with Crippen LogP contribution in [-0.2, 0) is 9.53 Å². The average Bonchev–Trinajstić information content (AvgIpc) is 3.22. The Labute approximate surface area is 177 Å². The quantitative estimate of drug-likeness (QED) is 0.800. The van der Waals surface area contributed by atoms with E-state index in [9.17, 15) is 9.18 Å². The molecular weight excluding hydrogens is 381 g/mol. The van der Waals surface area contributed by atoms with Gasteiger partial charge in [-0.3, -0.25) is 9.69 Å². The van der Waals surface area contributed by atoms with Crippen molar-refractivity contribution >= 4 is 17.3 Å². The Balaban J connectivity index is 1.51. The number of ether oxygens (including phenoxy) is 1. The van der Waals surface area contributed by atoms with Crippen molar-refractivity contribution in [3.05, 3.63) is 59.9 Å². The van der Waals surface area contributed by atoms with Gasteiger partial charge in [-0.1, -0.05) is 30.3 Å². The monoisotopic (exact) mass is 411 g/mol. The Morgan fingerprint density at radius 1 is 1.07 bits per heavy atom. The van der Waals surface area contributed by atoms with E-state index in [-0.39, 0.29) is 30.0 Å². The Bertz CT molecular complexity index is 860. The molecule has 2 aliphatic rings.